The number of hydrogen-bond acceptors (Lipinski definition) is 5. The fourth-order valence-electron chi connectivity index (χ4n) is 2.64. The fourth-order valence-corrected chi connectivity index (χ4v) is 5.05. The van der Waals surface area contributed by atoms with E-state index in [4.69, 9.17) is 0 Å². The van der Waals surface area contributed by atoms with Crippen molar-refractivity contribution in [3.05, 3.63) is 54.1 Å². The predicted molar refractivity (Wildman–Crippen MR) is 112 cm³/mol. The Morgan fingerprint density at radius 1 is 0.862 bits per heavy atom. The summed E-state index contributed by atoms with van der Waals surface area (Å²) in [6.07, 6.45) is 0. The van der Waals surface area contributed by atoms with Crippen molar-refractivity contribution in [2.45, 2.75) is 23.6 Å². The second-order valence-corrected chi connectivity index (χ2v) is 10.5. The first kappa shape index (κ1) is 23.0. The molecule has 2 aromatic rings. The van der Waals surface area contributed by atoms with Crippen molar-refractivity contribution >= 4 is 31.6 Å². The SMILES string of the molecule is CCN(CC)S(=O)(=O)c1ccc(C(=O)Nc2cccc(S(=O)(=O)N(C)C)c2)cc1. The first-order valence-electron chi connectivity index (χ1n) is 8.98. The van der Waals surface area contributed by atoms with Crippen LogP contribution in [0.4, 0.5) is 5.69 Å². The molecule has 0 saturated carbocycles. The molecule has 2 rings (SSSR count). The zero-order chi connectivity index (χ0) is 21.8. The van der Waals surface area contributed by atoms with Gasteiger partial charge in [-0.25, -0.2) is 21.1 Å². The maximum atomic E-state index is 12.5. The van der Waals surface area contributed by atoms with Gasteiger partial charge in [0.15, 0.2) is 0 Å². The molecule has 1 N–H and O–H groups in total. The van der Waals surface area contributed by atoms with Gasteiger partial charge in [0.1, 0.15) is 0 Å². The average molecular weight is 440 g/mol. The van der Waals surface area contributed by atoms with E-state index in [9.17, 15) is 21.6 Å². The van der Waals surface area contributed by atoms with Crippen molar-refractivity contribution in [2.24, 2.45) is 0 Å². The highest BCUT2D eigenvalue weighted by Crippen LogP contribution is 2.20. The summed E-state index contributed by atoms with van der Waals surface area (Å²) in [5, 5.41) is 2.63. The molecule has 2 aromatic carbocycles. The van der Waals surface area contributed by atoms with Gasteiger partial charge in [-0.2, -0.15) is 4.31 Å². The Morgan fingerprint density at radius 3 is 1.97 bits per heavy atom. The van der Waals surface area contributed by atoms with E-state index < -0.39 is 26.0 Å². The maximum Gasteiger partial charge on any atom is 0.255 e. The summed E-state index contributed by atoms with van der Waals surface area (Å²) in [6.45, 7) is 4.22. The van der Waals surface area contributed by atoms with Crippen molar-refractivity contribution in [1.29, 1.82) is 0 Å². The molecule has 158 valence electrons. The number of sulfonamides is 2. The van der Waals surface area contributed by atoms with Gasteiger partial charge in [0.05, 0.1) is 9.79 Å². The van der Waals surface area contributed by atoms with Crippen LogP contribution in [-0.2, 0) is 20.0 Å². The zero-order valence-corrected chi connectivity index (χ0v) is 18.4. The molecule has 0 spiro atoms. The molecule has 0 aromatic heterocycles. The normalized spacial score (nSPS) is 12.3. The van der Waals surface area contributed by atoms with E-state index in [1.165, 1.54) is 60.9 Å². The van der Waals surface area contributed by atoms with Crippen LogP contribution < -0.4 is 5.32 Å². The number of nitrogens with one attached hydrogen (secondary N) is 1. The first-order valence-corrected chi connectivity index (χ1v) is 11.9. The van der Waals surface area contributed by atoms with Crippen LogP contribution in [0.2, 0.25) is 0 Å². The van der Waals surface area contributed by atoms with E-state index in [1.807, 2.05) is 0 Å². The monoisotopic (exact) mass is 439 g/mol. The lowest BCUT2D eigenvalue weighted by atomic mass is 10.2. The number of benzene rings is 2. The minimum Gasteiger partial charge on any atom is -0.322 e. The van der Waals surface area contributed by atoms with Gasteiger partial charge in [-0.15, -0.1) is 0 Å². The number of amides is 1. The third kappa shape index (κ3) is 5.02. The van der Waals surface area contributed by atoms with E-state index in [0.29, 0.717) is 18.8 Å². The van der Waals surface area contributed by atoms with E-state index >= 15 is 0 Å². The van der Waals surface area contributed by atoms with Crippen molar-refractivity contribution in [1.82, 2.24) is 8.61 Å². The topological polar surface area (TPSA) is 104 Å². The fraction of sp³-hybridized carbons (Fsp3) is 0.316. The molecule has 0 radical (unpaired) electrons. The summed E-state index contributed by atoms with van der Waals surface area (Å²) >= 11 is 0. The van der Waals surface area contributed by atoms with Gasteiger partial charge < -0.3 is 5.32 Å². The lowest BCUT2D eigenvalue weighted by Crippen LogP contribution is -2.30. The highest BCUT2D eigenvalue weighted by molar-refractivity contribution is 7.89. The second kappa shape index (κ2) is 9.04. The summed E-state index contributed by atoms with van der Waals surface area (Å²) in [6, 6.07) is 11.5. The lowest BCUT2D eigenvalue weighted by Gasteiger charge is -2.18. The minimum atomic E-state index is -3.62. The highest BCUT2D eigenvalue weighted by atomic mass is 32.2. The molecule has 0 atom stereocenters. The Bertz CT molecular complexity index is 1080. The lowest BCUT2D eigenvalue weighted by molar-refractivity contribution is 0.102. The summed E-state index contributed by atoms with van der Waals surface area (Å²) in [5.41, 5.74) is 0.571. The standard InChI is InChI=1S/C19H25N3O5S2/c1-5-22(6-2)29(26,27)17-12-10-15(11-13-17)19(23)20-16-8-7-9-18(14-16)28(24,25)21(3)4/h7-14H,5-6H2,1-4H3,(H,20,23). The third-order valence-corrected chi connectivity index (χ3v) is 8.21. The average Bonchev–Trinajstić information content (AvgIpc) is 2.69. The molecule has 0 bridgehead atoms. The van der Waals surface area contributed by atoms with Crippen LogP contribution in [0, 0.1) is 0 Å². The van der Waals surface area contributed by atoms with Crippen molar-refractivity contribution < 1.29 is 21.6 Å². The first-order chi connectivity index (χ1) is 13.5. The van der Waals surface area contributed by atoms with Crippen LogP contribution in [0.3, 0.4) is 0 Å². The van der Waals surface area contributed by atoms with Gasteiger partial charge in [0, 0.05) is 38.4 Å². The second-order valence-electron chi connectivity index (χ2n) is 6.38. The predicted octanol–water partition coefficient (Wildman–Crippen LogP) is 2.22. The number of carbonyl (C=O) groups is 1. The molecular weight excluding hydrogens is 414 g/mol. The molecule has 0 saturated heterocycles. The van der Waals surface area contributed by atoms with Crippen molar-refractivity contribution in [2.75, 3.05) is 32.5 Å². The Labute approximate surface area is 172 Å². The summed E-state index contributed by atoms with van der Waals surface area (Å²) < 4.78 is 51.9. The number of anilines is 1. The van der Waals surface area contributed by atoms with Gasteiger partial charge in [0.25, 0.3) is 5.91 Å². The van der Waals surface area contributed by atoms with Gasteiger partial charge >= 0.3 is 0 Å². The molecule has 29 heavy (non-hydrogen) atoms. The molecule has 0 unspecified atom stereocenters. The summed E-state index contributed by atoms with van der Waals surface area (Å²) in [4.78, 5) is 12.6. The third-order valence-electron chi connectivity index (χ3n) is 4.33. The van der Waals surface area contributed by atoms with Crippen LogP contribution in [0.15, 0.2) is 58.3 Å². The van der Waals surface area contributed by atoms with Gasteiger partial charge in [-0.05, 0) is 42.5 Å². The number of carbonyl (C=O) groups excluding carboxylic acids is 1. The van der Waals surface area contributed by atoms with Crippen LogP contribution in [-0.4, -0.2) is 58.5 Å². The number of hydrogen-bond donors (Lipinski definition) is 1. The van der Waals surface area contributed by atoms with Crippen molar-refractivity contribution in [3.8, 4) is 0 Å². The molecule has 0 aliphatic heterocycles. The van der Waals surface area contributed by atoms with Crippen LogP contribution in [0.5, 0.6) is 0 Å². The largest absolute Gasteiger partial charge is 0.322 e. The Kier molecular flexibility index (Phi) is 7.17. The zero-order valence-electron chi connectivity index (χ0n) is 16.8. The molecule has 0 heterocycles. The van der Waals surface area contributed by atoms with Gasteiger partial charge in [0.2, 0.25) is 20.0 Å². The molecular formula is C19H25N3O5S2. The summed E-state index contributed by atoms with van der Waals surface area (Å²) in [7, 11) is -4.38. The maximum absolute atomic E-state index is 12.5. The molecule has 8 nitrogen and oxygen atoms in total. The molecule has 0 fully saturated rings. The van der Waals surface area contributed by atoms with Crippen molar-refractivity contribution in [3.63, 3.8) is 0 Å². The summed E-state index contributed by atoms with van der Waals surface area (Å²) in [5.74, 6) is -0.476. The van der Waals surface area contributed by atoms with Gasteiger partial charge in [-0.1, -0.05) is 19.9 Å². The minimum absolute atomic E-state index is 0.0564. The quantitative estimate of drug-likeness (QED) is 0.679. The van der Waals surface area contributed by atoms with E-state index in [0.717, 1.165) is 4.31 Å². The van der Waals surface area contributed by atoms with Crippen LogP contribution >= 0.6 is 0 Å². The van der Waals surface area contributed by atoms with Crippen LogP contribution in [0.25, 0.3) is 0 Å². The number of rotatable bonds is 8. The highest BCUT2D eigenvalue weighted by Gasteiger charge is 2.22. The molecule has 1 amide bonds. The smallest absolute Gasteiger partial charge is 0.255 e. The number of nitrogens with zero attached hydrogens (tertiary/aromatic N) is 2. The molecule has 0 aliphatic rings. The Balaban J connectivity index is 2.23. The van der Waals surface area contributed by atoms with E-state index in [-0.39, 0.29) is 15.4 Å². The Hall–Kier alpha value is -2.27. The van der Waals surface area contributed by atoms with Crippen LogP contribution in [0.1, 0.15) is 24.2 Å². The molecule has 10 heteroatoms. The van der Waals surface area contributed by atoms with E-state index in [1.54, 1.807) is 19.9 Å². The van der Waals surface area contributed by atoms with Gasteiger partial charge in [-0.3, -0.25) is 4.79 Å². The molecule has 0 aliphatic carbocycles. The van der Waals surface area contributed by atoms with E-state index in [2.05, 4.69) is 5.32 Å². The Morgan fingerprint density at radius 2 is 1.45 bits per heavy atom.